The standard InChI is InChI=1S/C14H18N2O2S2/c1-2-14(15)11-5-3-7-13(9-11)20(17,18)16-10-12-6-4-8-19-12/h3-9,14,16H,2,10,15H2,1H3. The van der Waals surface area contributed by atoms with Gasteiger partial charge in [-0.1, -0.05) is 25.1 Å². The van der Waals surface area contributed by atoms with Gasteiger partial charge in [0.25, 0.3) is 0 Å². The van der Waals surface area contributed by atoms with E-state index >= 15 is 0 Å². The molecule has 0 amide bonds. The van der Waals surface area contributed by atoms with Gasteiger partial charge in [0.15, 0.2) is 0 Å². The fourth-order valence-corrected chi connectivity index (χ4v) is 3.61. The molecule has 1 aromatic heterocycles. The lowest BCUT2D eigenvalue weighted by Crippen LogP contribution is -2.23. The molecule has 1 heterocycles. The molecule has 0 spiro atoms. The van der Waals surface area contributed by atoms with Gasteiger partial charge in [-0.3, -0.25) is 0 Å². The lowest BCUT2D eigenvalue weighted by atomic mass is 10.1. The van der Waals surface area contributed by atoms with Crippen LogP contribution < -0.4 is 10.5 Å². The molecule has 0 bridgehead atoms. The summed E-state index contributed by atoms with van der Waals surface area (Å²) in [6, 6.07) is 10.5. The summed E-state index contributed by atoms with van der Waals surface area (Å²) in [5.74, 6) is 0. The molecule has 6 heteroatoms. The molecular formula is C14H18N2O2S2. The van der Waals surface area contributed by atoms with Crippen molar-refractivity contribution in [1.29, 1.82) is 0 Å². The summed E-state index contributed by atoms with van der Waals surface area (Å²) < 4.78 is 27.1. The van der Waals surface area contributed by atoms with E-state index < -0.39 is 10.0 Å². The van der Waals surface area contributed by atoms with E-state index in [1.54, 1.807) is 18.2 Å². The van der Waals surface area contributed by atoms with Crippen molar-refractivity contribution in [2.75, 3.05) is 0 Å². The second kappa shape index (κ2) is 6.49. The summed E-state index contributed by atoms with van der Waals surface area (Å²) in [5, 5.41) is 1.92. The third kappa shape index (κ3) is 3.67. The Labute approximate surface area is 123 Å². The van der Waals surface area contributed by atoms with E-state index in [2.05, 4.69) is 4.72 Å². The maximum Gasteiger partial charge on any atom is 0.240 e. The Bertz CT molecular complexity index is 652. The number of nitrogens with two attached hydrogens (primary N) is 1. The number of hydrogen-bond donors (Lipinski definition) is 2. The highest BCUT2D eigenvalue weighted by Crippen LogP contribution is 2.18. The first-order valence-electron chi connectivity index (χ1n) is 6.40. The van der Waals surface area contributed by atoms with Crippen molar-refractivity contribution >= 4 is 21.4 Å². The molecular weight excluding hydrogens is 292 g/mol. The zero-order valence-corrected chi connectivity index (χ0v) is 12.9. The van der Waals surface area contributed by atoms with Gasteiger partial charge in [0.1, 0.15) is 0 Å². The molecule has 1 aromatic carbocycles. The molecule has 0 saturated carbocycles. The van der Waals surface area contributed by atoms with Crippen LogP contribution in [0, 0.1) is 0 Å². The van der Waals surface area contributed by atoms with Crippen molar-refractivity contribution in [3.8, 4) is 0 Å². The minimum atomic E-state index is -3.50. The second-order valence-electron chi connectivity index (χ2n) is 4.49. The number of benzene rings is 1. The van der Waals surface area contributed by atoms with E-state index in [-0.39, 0.29) is 10.9 Å². The van der Waals surface area contributed by atoms with E-state index in [1.165, 1.54) is 11.3 Å². The average molecular weight is 310 g/mol. The van der Waals surface area contributed by atoms with Gasteiger partial charge < -0.3 is 5.73 Å². The van der Waals surface area contributed by atoms with Crippen LogP contribution in [0.25, 0.3) is 0 Å². The van der Waals surface area contributed by atoms with Crippen LogP contribution in [0.4, 0.5) is 0 Å². The Morgan fingerprint density at radius 2 is 2.10 bits per heavy atom. The summed E-state index contributed by atoms with van der Waals surface area (Å²) >= 11 is 1.52. The minimum absolute atomic E-state index is 0.137. The molecule has 108 valence electrons. The average Bonchev–Trinajstić information content (AvgIpc) is 2.98. The van der Waals surface area contributed by atoms with Crippen LogP contribution in [0.3, 0.4) is 0 Å². The van der Waals surface area contributed by atoms with Gasteiger partial charge in [0.2, 0.25) is 10.0 Å². The lowest BCUT2D eigenvalue weighted by Gasteiger charge is -2.11. The maximum absolute atomic E-state index is 12.2. The molecule has 4 nitrogen and oxygen atoms in total. The highest BCUT2D eigenvalue weighted by Gasteiger charge is 2.15. The zero-order valence-electron chi connectivity index (χ0n) is 11.2. The van der Waals surface area contributed by atoms with Gasteiger partial charge in [-0.15, -0.1) is 11.3 Å². The third-order valence-corrected chi connectivity index (χ3v) is 5.33. The Hall–Kier alpha value is -1.21. The predicted molar refractivity (Wildman–Crippen MR) is 82.0 cm³/mol. The van der Waals surface area contributed by atoms with Crippen molar-refractivity contribution in [2.24, 2.45) is 5.73 Å². The van der Waals surface area contributed by atoms with Gasteiger partial charge in [0.05, 0.1) is 4.90 Å². The molecule has 0 aliphatic carbocycles. The number of thiophene rings is 1. The summed E-state index contributed by atoms with van der Waals surface area (Å²) in [4.78, 5) is 1.24. The van der Waals surface area contributed by atoms with Gasteiger partial charge in [-0.2, -0.15) is 0 Å². The topological polar surface area (TPSA) is 72.2 Å². The number of rotatable bonds is 6. The summed E-state index contributed by atoms with van der Waals surface area (Å²) in [6.07, 6.45) is 0.770. The monoisotopic (exact) mass is 310 g/mol. The highest BCUT2D eigenvalue weighted by atomic mass is 32.2. The van der Waals surface area contributed by atoms with Gasteiger partial charge in [-0.25, -0.2) is 13.1 Å². The Morgan fingerprint density at radius 1 is 1.30 bits per heavy atom. The zero-order chi connectivity index (χ0) is 14.6. The van der Waals surface area contributed by atoms with E-state index in [0.717, 1.165) is 16.9 Å². The summed E-state index contributed by atoms with van der Waals surface area (Å²) in [7, 11) is -3.50. The Morgan fingerprint density at radius 3 is 2.75 bits per heavy atom. The molecule has 2 aromatic rings. The number of hydrogen-bond acceptors (Lipinski definition) is 4. The van der Waals surface area contributed by atoms with Gasteiger partial charge >= 0.3 is 0 Å². The first-order valence-corrected chi connectivity index (χ1v) is 8.77. The highest BCUT2D eigenvalue weighted by molar-refractivity contribution is 7.89. The summed E-state index contributed by atoms with van der Waals surface area (Å²) in [5.41, 5.74) is 6.78. The normalized spacial score (nSPS) is 13.3. The fraction of sp³-hybridized carbons (Fsp3) is 0.286. The van der Waals surface area contributed by atoms with Gasteiger partial charge in [-0.05, 0) is 35.6 Å². The quantitative estimate of drug-likeness (QED) is 0.861. The van der Waals surface area contributed by atoms with E-state index in [4.69, 9.17) is 5.73 Å². The van der Waals surface area contributed by atoms with Crippen LogP contribution in [0.2, 0.25) is 0 Å². The van der Waals surface area contributed by atoms with E-state index in [0.29, 0.717) is 6.54 Å². The molecule has 2 rings (SSSR count). The van der Waals surface area contributed by atoms with E-state index in [9.17, 15) is 8.42 Å². The maximum atomic E-state index is 12.2. The molecule has 20 heavy (non-hydrogen) atoms. The van der Waals surface area contributed by atoms with Crippen LogP contribution in [0.5, 0.6) is 0 Å². The number of sulfonamides is 1. The largest absolute Gasteiger partial charge is 0.324 e. The molecule has 3 N–H and O–H groups in total. The van der Waals surface area contributed by atoms with Crippen molar-refractivity contribution in [1.82, 2.24) is 4.72 Å². The van der Waals surface area contributed by atoms with Crippen molar-refractivity contribution in [2.45, 2.75) is 30.8 Å². The second-order valence-corrected chi connectivity index (χ2v) is 7.29. The summed E-state index contributed by atoms with van der Waals surface area (Å²) in [6.45, 7) is 2.28. The first-order chi connectivity index (χ1) is 9.53. The van der Waals surface area contributed by atoms with Crippen molar-refractivity contribution < 1.29 is 8.42 Å². The predicted octanol–water partition coefficient (Wildman–Crippen LogP) is 2.64. The minimum Gasteiger partial charge on any atom is -0.324 e. The molecule has 0 aliphatic heterocycles. The first kappa shape index (κ1) is 15.2. The third-order valence-electron chi connectivity index (χ3n) is 3.05. The number of nitrogens with one attached hydrogen (secondary N) is 1. The van der Waals surface area contributed by atoms with E-state index in [1.807, 2.05) is 30.5 Å². The Kier molecular flexibility index (Phi) is 4.93. The molecule has 1 atom stereocenters. The molecule has 0 fully saturated rings. The Balaban J connectivity index is 2.16. The lowest BCUT2D eigenvalue weighted by molar-refractivity contribution is 0.581. The smallest absolute Gasteiger partial charge is 0.240 e. The van der Waals surface area contributed by atoms with Crippen molar-refractivity contribution in [3.05, 3.63) is 52.2 Å². The molecule has 1 unspecified atom stereocenters. The van der Waals surface area contributed by atoms with Crippen LogP contribution in [-0.2, 0) is 16.6 Å². The van der Waals surface area contributed by atoms with Crippen LogP contribution in [-0.4, -0.2) is 8.42 Å². The van der Waals surface area contributed by atoms with Gasteiger partial charge in [0, 0.05) is 17.5 Å². The molecule has 0 radical (unpaired) electrons. The SMILES string of the molecule is CCC(N)c1cccc(S(=O)(=O)NCc2cccs2)c1. The van der Waals surface area contributed by atoms with Crippen LogP contribution in [0.15, 0.2) is 46.7 Å². The molecule has 0 aliphatic rings. The van der Waals surface area contributed by atoms with Crippen LogP contribution in [0.1, 0.15) is 29.8 Å². The fourth-order valence-electron chi connectivity index (χ4n) is 1.81. The van der Waals surface area contributed by atoms with Crippen molar-refractivity contribution in [3.63, 3.8) is 0 Å². The molecule has 0 saturated heterocycles. The van der Waals surface area contributed by atoms with Crippen LogP contribution >= 0.6 is 11.3 Å².